The number of hydrogen-bond acceptors (Lipinski definition) is 1. The smallest absolute Gasteiger partial charge is 0.0775 e. The van der Waals surface area contributed by atoms with Crippen LogP contribution in [-0.4, -0.2) is 8.07 Å². The molecule has 8 rings (SSSR count). The molecule has 0 saturated carbocycles. The highest BCUT2D eigenvalue weighted by molar-refractivity contribution is 6.88. The highest BCUT2D eigenvalue weighted by Gasteiger charge is 2.38. The third kappa shape index (κ3) is 5.70. The number of rotatable bonds is 7. The molecule has 1 aliphatic carbocycles. The molecule has 0 atom stereocenters. The van der Waals surface area contributed by atoms with Crippen molar-refractivity contribution in [3.63, 3.8) is 0 Å². The molecule has 7 aromatic carbocycles. The molecule has 0 unspecified atom stereocenters. The minimum absolute atomic E-state index is 0.121. The van der Waals surface area contributed by atoms with E-state index in [1.165, 1.54) is 60.8 Å². The second-order valence-electron chi connectivity index (χ2n) is 15.1. The molecule has 0 radical (unpaired) electrons. The van der Waals surface area contributed by atoms with Gasteiger partial charge in [-0.15, -0.1) is 0 Å². The molecule has 0 heterocycles. The molecular weight excluding hydrogens is 619 g/mol. The van der Waals surface area contributed by atoms with E-state index in [1.54, 1.807) is 0 Å². The molecule has 244 valence electrons. The van der Waals surface area contributed by atoms with Crippen LogP contribution in [0.4, 0.5) is 17.1 Å². The first-order valence-electron chi connectivity index (χ1n) is 17.7. The number of hydrogen-bond donors (Lipinski definition) is 0. The normalized spacial score (nSPS) is 13.1. The molecule has 0 bridgehead atoms. The molecule has 2 heteroatoms. The van der Waals surface area contributed by atoms with Crippen molar-refractivity contribution in [2.75, 3.05) is 4.90 Å². The number of fused-ring (bicyclic) bond motifs is 3. The van der Waals surface area contributed by atoms with Gasteiger partial charge in [0.25, 0.3) is 0 Å². The molecule has 50 heavy (non-hydrogen) atoms. The van der Waals surface area contributed by atoms with E-state index >= 15 is 0 Å². The summed E-state index contributed by atoms with van der Waals surface area (Å²) in [6, 6.07) is 62.7. The zero-order valence-electron chi connectivity index (χ0n) is 29.6. The molecule has 1 nitrogen and oxygen atoms in total. The van der Waals surface area contributed by atoms with Crippen LogP contribution in [0.2, 0.25) is 19.6 Å². The Bertz CT molecular complexity index is 2280. The minimum Gasteiger partial charge on any atom is -0.310 e. The van der Waals surface area contributed by atoms with Crippen LogP contribution in [0.1, 0.15) is 25.0 Å². The fraction of sp³-hybridized carbons (Fsp3) is 0.125. The predicted molar refractivity (Wildman–Crippen MR) is 218 cm³/mol. The molecule has 0 fully saturated rings. The Morgan fingerprint density at radius 2 is 0.840 bits per heavy atom. The number of anilines is 3. The maximum Gasteiger partial charge on any atom is 0.0775 e. The van der Waals surface area contributed by atoms with E-state index in [9.17, 15) is 0 Å². The van der Waals surface area contributed by atoms with Gasteiger partial charge in [0.2, 0.25) is 0 Å². The third-order valence-corrected chi connectivity index (χ3v) is 12.5. The SMILES string of the molecule is CC1(C)c2ccccc2-c2cc(N(c3ccc(-c4ccccc4)cc3)c3ccc(-c4ccc([Si](C)(C)C)cc4)cc3)cc(-c3ccccc3)c21. The van der Waals surface area contributed by atoms with Gasteiger partial charge in [-0.2, -0.15) is 0 Å². The summed E-state index contributed by atoms with van der Waals surface area (Å²) in [6.07, 6.45) is 0. The average Bonchev–Trinajstić information content (AvgIpc) is 3.38. The predicted octanol–water partition coefficient (Wildman–Crippen LogP) is 13.0. The van der Waals surface area contributed by atoms with E-state index in [0.29, 0.717) is 0 Å². The van der Waals surface area contributed by atoms with Gasteiger partial charge in [0.1, 0.15) is 0 Å². The second-order valence-corrected chi connectivity index (χ2v) is 20.2. The van der Waals surface area contributed by atoms with Gasteiger partial charge in [-0.05, 0) is 92.0 Å². The standard InChI is InChI=1S/C48H43NSi/c1-48(2)46-19-13-12-18-43(46)45-33-41(32-44(47(45)48)38-16-10-7-11-17-38)49(39-26-20-35(21-27-39)34-14-8-6-9-15-34)40-28-22-36(23-29-40)37-24-30-42(31-25-37)50(3,4)5/h6-33H,1-5H3. The summed E-state index contributed by atoms with van der Waals surface area (Å²) in [5, 5.41) is 1.48. The monoisotopic (exact) mass is 661 g/mol. The van der Waals surface area contributed by atoms with E-state index in [0.717, 1.165) is 17.1 Å². The van der Waals surface area contributed by atoms with Crippen molar-refractivity contribution >= 4 is 30.3 Å². The topological polar surface area (TPSA) is 3.24 Å². The molecule has 1 aliphatic rings. The fourth-order valence-corrected chi connectivity index (χ4v) is 8.90. The molecule has 0 aliphatic heterocycles. The number of nitrogens with zero attached hydrogens (tertiary/aromatic N) is 1. The highest BCUT2D eigenvalue weighted by atomic mass is 28.3. The van der Waals surface area contributed by atoms with Crippen LogP contribution in [0.25, 0.3) is 44.5 Å². The van der Waals surface area contributed by atoms with E-state index in [1.807, 2.05) is 0 Å². The van der Waals surface area contributed by atoms with E-state index in [2.05, 4.69) is 208 Å². The van der Waals surface area contributed by atoms with E-state index in [-0.39, 0.29) is 5.41 Å². The maximum absolute atomic E-state index is 2.42. The summed E-state index contributed by atoms with van der Waals surface area (Å²) in [5.41, 5.74) is 16.1. The molecule has 0 spiro atoms. The Hall–Kier alpha value is -5.44. The highest BCUT2D eigenvalue weighted by Crippen LogP contribution is 2.54. The van der Waals surface area contributed by atoms with Crippen LogP contribution in [0, 0.1) is 0 Å². The number of benzene rings is 7. The first kappa shape index (κ1) is 31.8. The van der Waals surface area contributed by atoms with Crippen LogP contribution < -0.4 is 10.1 Å². The van der Waals surface area contributed by atoms with Crippen LogP contribution >= 0.6 is 0 Å². The molecular formula is C48H43NSi. The molecule has 0 N–H and O–H groups in total. The van der Waals surface area contributed by atoms with Crippen LogP contribution in [0.5, 0.6) is 0 Å². The largest absolute Gasteiger partial charge is 0.310 e. The quantitative estimate of drug-likeness (QED) is 0.154. The van der Waals surface area contributed by atoms with Crippen LogP contribution in [0.3, 0.4) is 0 Å². The second kappa shape index (κ2) is 12.5. The molecule has 7 aromatic rings. The minimum atomic E-state index is -1.36. The lowest BCUT2D eigenvalue weighted by Gasteiger charge is -2.29. The van der Waals surface area contributed by atoms with Gasteiger partial charge in [-0.25, -0.2) is 0 Å². The lowest BCUT2D eigenvalue weighted by atomic mass is 9.78. The summed E-state index contributed by atoms with van der Waals surface area (Å²) in [7, 11) is -1.36. The molecule has 0 aromatic heterocycles. The van der Waals surface area contributed by atoms with Crippen molar-refractivity contribution in [2.24, 2.45) is 0 Å². The Morgan fingerprint density at radius 1 is 0.400 bits per heavy atom. The Labute approximate surface area is 298 Å². The van der Waals surface area contributed by atoms with Gasteiger partial charge in [0.05, 0.1) is 8.07 Å². The first-order chi connectivity index (χ1) is 24.2. The lowest BCUT2D eigenvalue weighted by molar-refractivity contribution is 0.662. The Morgan fingerprint density at radius 3 is 1.38 bits per heavy atom. The van der Waals surface area contributed by atoms with Crippen molar-refractivity contribution in [1.82, 2.24) is 0 Å². The summed E-state index contributed by atoms with van der Waals surface area (Å²) in [6.45, 7) is 12.0. The summed E-state index contributed by atoms with van der Waals surface area (Å²) in [4.78, 5) is 2.42. The van der Waals surface area contributed by atoms with Gasteiger partial charge in [0.15, 0.2) is 0 Å². The summed E-state index contributed by atoms with van der Waals surface area (Å²) < 4.78 is 0. The first-order valence-corrected chi connectivity index (χ1v) is 21.2. The molecule has 0 saturated heterocycles. The van der Waals surface area contributed by atoms with Gasteiger partial charge in [0, 0.05) is 22.5 Å². The average molecular weight is 662 g/mol. The van der Waals surface area contributed by atoms with Crippen molar-refractivity contribution in [1.29, 1.82) is 0 Å². The molecule has 0 amide bonds. The summed E-state index contributed by atoms with van der Waals surface area (Å²) in [5.74, 6) is 0. The van der Waals surface area contributed by atoms with E-state index < -0.39 is 8.07 Å². The van der Waals surface area contributed by atoms with Gasteiger partial charge < -0.3 is 4.90 Å². The zero-order valence-corrected chi connectivity index (χ0v) is 30.6. The van der Waals surface area contributed by atoms with Crippen LogP contribution in [0.15, 0.2) is 170 Å². The summed E-state index contributed by atoms with van der Waals surface area (Å²) >= 11 is 0. The van der Waals surface area contributed by atoms with E-state index in [4.69, 9.17) is 0 Å². The zero-order chi connectivity index (χ0) is 34.5. The van der Waals surface area contributed by atoms with Crippen molar-refractivity contribution < 1.29 is 0 Å². The maximum atomic E-state index is 2.42. The Balaban J connectivity index is 1.30. The lowest BCUT2D eigenvalue weighted by Crippen LogP contribution is -2.37. The third-order valence-electron chi connectivity index (χ3n) is 10.4. The fourth-order valence-electron chi connectivity index (χ4n) is 7.73. The van der Waals surface area contributed by atoms with Gasteiger partial charge in [-0.1, -0.05) is 172 Å². The van der Waals surface area contributed by atoms with Gasteiger partial charge in [-0.3, -0.25) is 0 Å². The van der Waals surface area contributed by atoms with Crippen molar-refractivity contribution in [2.45, 2.75) is 38.9 Å². The Kier molecular flexibility index (Phi) is 7.93. The van der Waals surface area contributed by atoms with Crippen molar-refractivity contribution in [3.05, 3.63) is 181 Å². The van der Waals surface area contributed by atoms with Gasteiger partial charge >= 0.3 is 0 Å². The van der Waals surface area contributed by atoms with Crippen molar-refractivity contribution in [3.8, 4) is 44.5 Å². The van der Waals surface area contributed by atoms with Crippen LogP contribution in [-0.2, 0) is 5.41 Å².